The van der Waals surface area contributed by atoms with Gasteiger partial charge in [-0.25, -0.2) is 4.39 Å². The van der Waals surface area contributed by atoms with Crippen LogP contribution in [0.1, 0.15) is 40.7 Å². The van der Waals surface area contributed by atoms with Gasteiger partial charge in [-0.3, -0.25) is 4.90 Å². The number of rotatable bonds is 5. The molecule has 0 aromatic heterocycles. The molecule has 1 aliphatic rings. The molecule has 0 bridgehead atoms. The summed E-state index contributed by atoms with van der Waals surface area (Å²) in [6.45, 7) is 4.50. The zero-order chi connectivity index (χ0) is 20.3. The lowest BCUT2D eigenvalue weighted by Gasteiger charge is -2.39. The standard InChI is InChI=1S/C26H28FNO.ClH/c1-20-11-12-23(25(27)17-20)18-22-9-5-6-10-24(22)26(29)13-15-28(16-14-26)19-21-7-3-2-4-8-21;/h2-12,17,29H,13-16,18-19H2,1H3;1H. The van der Waals surface area contributed by atoms with Crippen molar-refractivity contribution in [2.24, 2.45) is 0 Å². The first-order chi connectivity index (χ1) is 14.0. The molecule has 0 radical (unpaired) electrons. The Labute approximate surface area is 184 Å². The van der Waals surface area contributed by atoms with Gasteiger partial charge in [0.1, 0.15) is 5.82 Å². The van der Waals surface area contributed by atoms with E-state index in [9.17, 15) is 9.50 Å². The summed E-state index contributed by atoms with van der Waals surface area (Å²) >= 11 is 0. The second-order valence-electron chi connectivity index (χ2n) is 8.22. The highest BCUT2D eigenvalue weighted by Crippen LogP contribution is 2.36. The minimum absolute atomic E-state index is 0. The minimum Gasteiger partial charge on any atom is -0.385 e. The maximum absolute atomic E-state index is 14.4. The molecule has 4 rings (SSSR count). The molecule has 4 heteroatoms. The summed E-state index contributed by atoms with van der Waals surface area (Å²) in [5.41, 5.74) is 3.99. The monoisotopic (exact) mass is 425 g/mol. The third-order valence-corrected chi connectivity index (χ3v) is 6.04. The summed E-state index contributed by atoms with van der Waals surface area (Å²) in [5.74, 6) is -0.176. The number of likely N-dealkylation sites (tertiary alicyclic amines) is 1. The van der Waals surface area contributed by atoms with Crippen molar-refractivity contribution in [1.82, 2.24) is 4.90 Å². The molecule has 30 heavy (non-hydrogen) atoms. The average Bonchev–Trinajstić information content (AvgIpc) is 2.73. The van der Waals surface area contributed by atoms with E-state index in [1.807, 2.05) is 49.4 Å². The van der Waals surface area contributed by atoms with Crippen LogP contribution in [0.3, 0.4) is 0 Å². The number of aryl methyl sites for hydroxylation is 1. The van der Waals surface area contributed by atoms with Crippen LogP contribution in [0, 0.1) is 12.7 Å². The van der Waals surface area contributed by atoms with Crippen LogP contribution in [0.2, 0.25) is 0 Å². The zero-order valence-electron chi connectivity index (χ0n) is 17.4. The first-order valence-corrected chi connectivity index (χ1v) is 10.4. The van der Waals surface area contributed by atoms with Crippen molar-refractivity contribution in [3.05, 3.63) is 106 Å². The second-order valence-corrected chi connectivity index (χ2v) is 8.22. The van der Waals surface area contributed by atoms with Crippen LogP contribution in [0.5, 0.6) is 0 Å². The van der Waals surface area contributed by atoms with Gasteiger partial charge in [0.05, 0.1) is 5.60 Å². The number of hydrogen-bond acceptors (Lipinski definition) is 2. The van der Waals surface area contributed by atoms with Gasteiger partial charge >= 0.3 is 0 Å². The van der Waals surface area contributed by atoms with Crippen molar-refractivity contribution in [3.63, 3.8) is 0 Å². The fourth-order valence-corrected chi connectivity index (χ4v) is 4.32. The van der Waals surface area contributed by atoms with Crippen LogP contribution in [-0.4, -0.2) is 23.1 Å². The van der Waals surface area contributed by atoms with Crippen LogP contribution >= 0.6 is 12.4 Å². The molecule has 0 aliphatic carbocycles. The van der Waals surface area contributed by atoms with Gasteiger partial charge in [-0.1, -0.05) is 66.7 Å². The zero-order valence-corrected chi connectivity index (χ0v) is 18.2. The van der Waals surface area contributed by atoms with Crippen molar-refractivity contribution in [2.75, 3.05) is 13.1 Å². The molecule has 0 atom stereocenters. The Morgan fingerprint density at radius 3 is 2.27 bits per heavy atom. The number of aliphatic hydroxyl groups is 1. The number of halogens is 2. The van der Waals surface area contributed by atoms with Crippen LogP contribution in [-0.2, 0) is 18.6 Å². The molecule has 1 N–H and O–H groups in total. The highest BCUT2D eigenvalue weighted by atomic mass is 35.5. The smallest absolute Gasteiger partial charge is 0.126 e. The molecule has 3 aromatic rings. The largest absolute Gasteiger partial charge is 0.385 e. The average molecular weight is 426 g/mol. The Morgan fingerprint density at radius 1 is 0.900 bits per heavy atom. The van der Waals surface area contributed by atoms with Gasteiger partial charge in [0.25, 0.3) is 0 Å². The second kappa shape index (κ2) is 9.74. The van der Waals surface area contributed by atoms with Gasteiger partial charge in [-0.15, -0.1) is 12.4 Å². The van der Waals surface area contributed by atoms with Gasteiger partial charge < -0.3 is 5.11 Å². The van der Waals surface area contributed by atoms with E-state index in [0.717, 1.165) is 36.3 Å². The molecule has 1 aliphatic heterocycles. The Kier molecular flexibility index (Phi) is 7.30. The first kappa shape index (κ1) is 22.5. The van der Waals surface area contributed by atoms with E-state index in [1.165, 1.54) is 5.56 Å². The lowest BCUT2D eigenvalue weighted by atomic mass is 9.80. The van der Waals surface area contributed by atoms with Gasteiger partial charge in [-0.2, -0.15) is 0 Å². The molecule has 1 fully saturated rings. The summed E-state index contributed by atoms with van der Waals surface area (Å²) in [7, 11) is 0. The third kappa shape index (κ3) is 5.10. The van der Waals surface area contributed by atoms with Crippen molar-refractivity contribution in [2.45, 2.75) is 38.3 Å². The summed E-state index contributed by atoms with van der Waals surface area (Å²) in [6, 6.07) is 23.8. The molecule has 3 aromatic carbocycles. The Morgan fingerprint density at radius 2 is 1.57 bits per heavy atom. The van der Waals surface area contributed by atoms with Crippen molar-refractivity contribution in [3.8, 4) is 0 Å². The molecular formula is C26H29ClFNO. The summed E-state index contributed by atoms with van der Waals surface area (Å²) in [4.78, 5) is 2.39. The normalized spacial score (nSPS) is 16.1. The number of hydrogen-bond donors (Lipinski definition) is 1. The van der Waals surface area contributed by atoms with Crippen molar-refractivity contribution in [1.29, 1.82) is 0 Å². The minimum atomic E-state index is -0.856. The highest BCUT2D eigenvalue weighted by molar-refractivity contribution is 5.85. The van der Waals surface area contributed by atoms with E-state index in [4.69, 9.17) is 0 Å². The molecule has 1 heterocycles. The van der Waals surface area contributed by atoms with Crippen LogP contribution < -0.4 is 0 Å². The molecule has 2 nitrogen and oxygen atoms in total. The lowest BCUT2D eigenvalue weighted by molar-refractivity contribution is -0.0283. The van der Waals surface area contributed by atoms with Gasteiger partial charge in [0, 0.05) is 26.1 Å². The van der Waals surface area contributed by atoms with Crippen LogP contribution in [0.15, 0.2) is 72.8 Å². The number of nitrogens with zero attached hydrogens (tertiary/aromatic N) is 1. The number of piperidine rings is 1. The fourth-order valence-electron chi connectivity index (χ4n) is 4.32. The predicted molar refractivity (Wildman–Crippen MR) is 122 cm³/mol. The Bertz CT molecular complexity index is 968. The van der Waals surface area contributed by atoms with E-state index < -0.39 is 5.60 Å². The highest BCUT2D eigenvalue weighted by Gasteiger charge is 2.35. The summed E-state index contributed by atoms with van der Waals surface area (Å²) in [5, 5.41) is 11.5. The number of benzene rings is 3. The quantitative estimate of drug-likeness (QED) is 0.572. The van der Waals surface area contributed by atoms with E-state index in [1.54, 1.807) is 6.07 Å². The lowest BCUT2D eigenvalue weighted by Crippen LogP contribution is -2.42. The molecule has 0 amide bonds. The maximum Gasteiger partial charge on any atom is 0.126 e. The van der Waals surface area contributed by atoms with Gasteiger partial charge in [-0.05, 0) is 53.6 Å². The Balaban J connectivity index is 0.00000256. The van der Waals surface area contributed by atoms with Gasteiger partial charge in [0.2, 0.25) is 0 Å². The summed E-state index contributed by atoms with van der Waals surface area (Å²) < 4.78 is 14.4. The fraction of sp³-hybridized carbons (Fsp3) is 0.308. The van der Waals surface area contributed by atoms with E-state index in [0.29, 0.717) is 24.8 Å². The summed E-state index contributed by atoms with van der Waals surface area (Å²) in [6.07, 6.45) is 1.87. The maximum atomic E-state index is 14.4. The molecular weight excluding hydrogens is 397 g/mol. The third-order valence-electron chi connectivity index (χ3n) is 6.04. The molecule has 158 valence electrons. The van der Waals surface area contributed by atoms with Crippen LogP contribution in [0.4, 0.5) is 4.39 Å². The SMILES string of the molecule is Cc1ccc(Cc2ccccc2C2(O)CCN(Cc3ccccc3)CC2)c(F)c1.Cl. The van der Waals surface area contributed by atoms with Crippen molar-refractivity contribution < 1.29 is 9.50 Å². The first-order valence-electron chi connectivity index (χ1n) is 10.4. The van der Waals surface area contributed by atoms with E-state index in [-0.39, 0.29) is 18.2 Å². The predicted octanol–water partition coefficient (Wildman–Crippen LogP) is 5.63. The molecule has 0 saturated carbocycles. The molecule has 0 spiro atoms. The molecule has 0 unspecified atom stereocenters. The van der Waals surface area contributed by atoms with Crippen LogP contribution in [0.25, 0.3) is 0 Å². The molecule has 1 saturated heterocycles. The topological polar surface area (TPSA) is 23.5 Å². The van der Waals surface area contributed by atoms with E-state index in [2.05, 4.69) is 29.2 Å². The van der Waals surface area contributed by atoms with E-state index >= 15 is 0 Å². The van der Waals surface area contributed by atoms with Crippen molar-refractivity contribution >= 4 is 12.4 Å². The Hall–Kier alpha value is -2.20. The van der Waals surface area contributed by atoms with Gasteiger partial charge in [0.15, 0.2) is 0 Å².